The average Bonchev–Trinajstić information content (AvgIpc) is 2.65. The van der Waals surface area contributed by atoms with Crippen LogP contribution in [0.25, 0.3) is 0 Å². The standard InChI is InChI=1S/C17H28N2O/c1-14(2)18-10-6-7-15(3)19-11-12-20-17-9-5-4-8-16(17)13-19/h4-5,8-9,14-15,18H,6-7,10-13H2,1-3H3. The Labute approximate surface area is 123 Å². The lowest BCUT2D eigenvalue weighted by Crippen LogP contribution is -2.35. The number of benzene rings is 1. The molecule has 1 aliphatic rings. The van der Waals surface area contributed by atoms with Crippen LogP contribution in [0.4, 0.5) is 0 Å². The highest BCUT2D eigenvalue weighted by molar-refractivity contribution is 5.33. The molecule has 0 spiro atoms. The molecule has 0 amide bonds. The zero-order chi connectivity index (χ0) is 14.4. The summed E-state index contributed by atoms with van der Waals surface area (Å²) in [6.07, 6.45) is 2.47. The van der Waals surface area contributed by atoms with Gasteiger partial charge in [0.1, 0.15) is 12.4 Å². The Hall–Kier alpha value is -1.06. The van der Waals surface area contributed by atoms with E-state index in [1.54, 1.807) is 0 Å². The van der Waals surface area contributed by atoms with E-state index in [1.807, 2.05) is 0 Å². The van der Waals surface area contributed by atoms with Crippen molar-refractivity contribution in [2.24, 2.45) is 0 Å². The lowest BCUT2D eigenvalue weighted by Gasteiger charge is -2.27. The summed E-state index contributed by atoms with van der Waals surface area (Å²) in [6, 6.07) is 9.61. The Morgan fingerprint density at radius 1 is 1.25 bits per heavy atom. The smallest absolute Gasteiger partial charge is 0.123 e. The molecule has 1 atom stereocenters. The van der Waals surface area contributed by atoms with E-state index in [0.717, 1.165) is 32.0 Å². The van der Waals surface area contributed by atoms with E-state index in [0.29, 0.717) is 12.1 Å². The van der Waals surface area contributed by atoms with Crippen LogP contribution in [-0.2, 0) is 6.54 Å². The van der Waals surface area contributed by atoms with Crippen LogP contribution in [0.5, 0.6) is 5.75 Å². The van der Waals surface area contributed by atoms with Crippen LogP contribution in [0.3, 0.4) is 0 Å². The highest BCUT2D eigenvalue weighted by Crippen LogP contribution is 2.24. The van der Waals surface area contributed by atoms with E-state index in [-0.39, 0.29) is 0 Å². The van der Waals surface area contributed by atoms with Gasteiger partial charge in [-0.05, 0) is 32.4 Å². The zero-order valence-electron chi connectivity index (χ0n) is 13.1. The number of rotatable bonds is 6. The summed E-state index contributed by atoms with van der Waals surface area (Å²) in [4.78, 5) is 2.54. The van der Waals surface area contributed by atoms with E-state index in [9.17, 15) is 0 Å². The number of para-hydroxylation sites is 1. The van der Waals surface area contributed by atoms with Crippen molar-refractivity contribution in [2.45, 2.75) is 52.2 Å². The van der Waals surface area contributed by atoms with Crippen LogP contribution < -0.4 is 10.1 Å². The largest absolute Gasteiger partial charge is 0.492 e. The lowest BCUT2D eigenvalue weighted by molar-refractivity contribution is 0.169. The van der Waals surface area contributed by atoms with Gasteiger partial charge in [-0.3, -0.25) is 4.90 Å². The van der Waals surface area contributed by atoms with Gasteiger partial charge in [0.15, 0.2) is 0 Å². The number of nitrogens with one attached hydrogen (secondary N) is 1. The molecule has 0 aliphatic carbocycles. The summed E-state index contributed by atoms with van der Waals surface area (Å²) in [5.41, 5.74) is 1.32. The molecule has 0 fully saturated rings. The molecule has 1 aromatic rings. The SMILES string of the molecule is CC(C)NCCCC(C)N1CCOc2ccccc2C1. The molecular formula is C17H28N2O. The molecule has 3 heteroatoms. The predicted octanol–water partition coefficient (Wildman–Crippen LogP) is 3.05. The van der Waals surface area contributed by atoms with E-state index >= 15 is 0 Å². The normalized spacial score (nSPS) is 17.4. The molecule has 0 saturated carbocycles. The number of hydrogen-bond donors (Lipinski definition) is 1. The maximum Gasteiger partial charge on any atom is 0.123 e. The molecule has 0 aromatic heterocycles. The molecule has 1 unspecified atom stereocenters. The molecule has 0 saturated heterocycles. The first-order chi connectivity index (χ1) is 9.66. The first kappa shape index (κ1) is 15.3. The number of ether oxygens (including phenoxy) is 1. The molecule has 0 bridgehead atoms. The molecule has 112 valence electrons. The van der Waals surface area contributed by atoms with Crippen molar-refractivity contribution in [2.75, 3.05) is 19.7 Å². The van der Waals surface area contributed by atoms with E-state index in [4.69, 9.17) is 4.74 Å². The zero-order valence-corrected chi connectivity index (χ0v) is 13.1. The van der Waals surface area contributed by atoms with Gasteiger partial charge < -0.3 is 10.1 Å². The second-order valence-electron chi connectivity index (χ2n) is 6.03. The minimum Gasteiger partial charge on any atom is -0.492 e. The van der Waals surface area contributed by atoms with Crippen LogP contribution in [0.2, 0.25) is 0 Å². The maximum atomic E-state index is 5.83. The number of fused-ring (bicyclic) bond motifs is 1. The van der Waals surface area contributed by atoms with Gasteiger partial charge in [-0.25, -0.2) is 0 Å². The number of nitrogens with zero attached hydrogens (tertiary/aromatic N) is 1. The van der Waals surface area contributed by atoms with E-state index < -0.39 is 0 Å². The Bertz CT molecular complexity index is 406. The Balaban J connectivity index is 1.83. The molecule has 20 heavy (non-hydrogen) atoms. The Morgan fingerprint density at radius 3 is 2.85 bits per heavy atom. The van der Waals surface area contributed by atoms with Crippen LogP contribution in [-0.4, -0.2) is 36.7 Å². The summed E-state index contributed by atoms with van der Waals surface area (Å²) >= 11 is 0. The quantitative estimate of drug-likeness (QED) is 0.808. The number of hydrogen-bond acceptors (Lipinski definition) is 3. The topological polar surface area (TPSA) is 24.5 Å². The molecule has 1 heterocycles. The maximum absolute atomic E-state index is 5.83. The van der Waals surface area contributed by atoms with Gasteiger partial charge in [-0.2, -0.15) is 0 Å². The Kier molecular flexibility index (Phi) is 5.86. The van der Waals surface area contributed by atoms with Crippen molar-refractivity contribution in [3.63, 3.8) is 0 Å². The third-order valence-electron chi connectivity index (χ3n) is 3.96. The van der Waals surface area contributed by atoms with Crippen molar-refractivity contribution in [3.8, 4) is 5.75 Å². The van der Waals surface area contributed by atoms with Crippen molar-refractivity contribution >= 4 is 0 Å². The molecule has 0 radical (unpaired) electrons. The Morgan fingerprint density at radius 2 is 2.05 bits per heavy atom. The molecule has 3 nitrogen and oxygen atoms in total. The minimum atomic E-state index is 0.587. The van der Waals surface area contributed by atoms with Gasteiger partial charge in [0.25, 0.3) is 0 Å². The lowest BCUT2D eigenvalue weighted by atomic mass is 10.1. The predicted molar refractivity (Wildman–Crippen MR) is 84.2 cm³/mol. The van der Waals surface area contributed by atoms with Gasteiger partial charge >= 0.3 is 0 Å². The summed E-state index contributed by atoms with van der Waals surface area (Å²) in [7, 11) is 0. The third-order valence-corrected chi connectivity index (χ3v) is 3.96. The second-order valence-corrected chi connectivity index (χ2v) is 6.03. The van der Waals surface area contributed by atoms with Crippen LogP contribution in [0.1, 0.15) is 39.2 Å². The van der Waals surface area contributed by atoms with Gasteiger partial charge in [0.05, 0.1) is 0 Å². The minimum absolute atomic E-state index is 0.587. The molecule has 1 aromatic carbocycles. The van der Waals surface area contributed by atoms with Gasteiger partial charge in [-0.15, -0.1) is 0 Å². The van der Waals surface area contributed by atoms with E-state index in [2.05, 4.69) is 55.3 Å². The third kappa shape index (κ3) is 4.50. The van der Waals surface area contributed by atoms with Gasteiger partial charge in [0.2, 0.25) is 0 Å². The van der Waals surface area contributed by atoms with Crippen LogP contribution in [0, 0.1) is 0 Å². The van der Waals surface area contributed by atoms with Crippen molar-refractivity contribution < 1.29 is 4.74 Å². The average molecular weight is 276 g/mol. The highest BCUT2D eigenvalue weighted by atomic mass is 16.5. The van der Waals surface area contributed by atoms with Crippen molar-refractivity contribution in [1.29, 1.82) is 0 Å². The summed E-state index contributed by atoms with van der Waals surface area (Å²) < 4.78 is 5.83. The second kappa shape index (κ2) is 7.65. The molecule has 1 aliphatic heterocycles. The highest BCUT2D eigenvalue weighted by Gasteiger charge is 2.19. The fraction of sp³-hybridized carbons (Fsp3) is 0.647. The first-order valence-electron chi connectivity index (χ1n) is 7.85. The van der Waals surface area contributed by atoms with E-state index in [1.165, 1.54) is 18.4 Å². The van der Waals surface area contributed by atoms with Gasteiger partial charge in [-0.1, -0.05) is 32.0 Å². The summed E-state index contributed by atoms with van der Waals surface area (Å²) in [5, 5.41) is 3.49. The summed E-state index contributed by atoms with van der Waals surface area (Å²) in [5.74, 6) is 1.06. The van der Waals surface area contributed by atoms with Crippen LogP contribution in [0.15, 0.2) is 24.3 Å². The molecule has 2 rings (SSSR count). The molecule has 1 N–H and O–H groups in total. The van der Waals surface area contributed by atoms with Crippen LogP contribution >= 0.6 is 0 Å². The fourth-order valence-electron chi connectivity index (χ4n) is 2.69. The summed E-state index contributed by atoms with van der Waals surface area (Å²) in [6.45, 7) is 10.7. The monoisotopic (exact) mass is 276 g/mol. The van der Waals surface area contributed by atoms with Gasteiger partial charge in [0, 0.05) is 30.7 Å². The van der Waals surface area contributed by atoms with Crippen molar-refractivity contribution in [1.82, 2.24) is 10.2 Å². The first-order valence-corrected chi connectivity index (χ1v) is 7.85. The molecular weight excluding hydrogens is 248 g/mol. The van der Waals surface area contributed by atoms with Crippen molar-refractivity contribution in [3.05, 3.63) is 29.8 Å². The fourth-order valence-corrected chi connectivity index (χ4v) is 2.69.